The Morgan fingerprint density at radius 3 is 2.47 bits per heavy atom. The zero-order chi connectivity index (χ0) is 13.2. The fourth-order valence-corrected chi connectivity index (χ4v) is 2.39. The standard InChI is InChI=1S/C12H20N2O2S/c1-7(2)8(3)14(5)12-13-10(9(4)17-12)11(15)16-6/h7-8H,1-6H3. The zero-order valence-corrected chi connectivity index (χ0v) is 12.1. The monoisotopic (exact) mass is 256 g/mol. The van der Waals surface area contributed by atoms with E-state index in [1.165, 1.54) is 18.4 Å². The van der Waals surface area contributed by atoms with Crippen LogP contribution in [-0.4, -0.2) is 31.2 Å². The van der Waals surface area contributed by atoms with Crippen molar-refractivity contribution in [1.29, 1.82) is 0 Å². The Balaban J connectivity index is 2.97. The molecule has 1 unspecified atom stereocenters. The van der Waals surface area contributed by atoms with Gasteiger partial charge in [0.1, 0.15) is 0 Å². The third-order valence-electron chi connectivity index (χ3n) is 3.04. The number of thiazole rings is 1. The maximum atomic E-state index is 11.5. The molecular formula is C12H20N2O2S. The molecule has 0 spiro atoms. The van der Waals surface area contributed by atoms with E-state index in [2.05, 4.69) is 30.7 Å². The number of nitrogens with zero attached hydrogens (tertiary/aromatic N) is 2. The van der Waals surface area contributed by atoms with Gasteiger partial charge in [0.25, 0.3) is 0 Å². The molecule has 4 nitrogen and oxygen atoms in total. The molecule has 5 heteroatoms. The summed E-state index contributed by atoms with van der Waals surface area (Å²) in [6.45, 7) is 8.38. The molecule has 1 heterocycles. The number of hydrogen-bond acceptors (Lipinski definition) is 5. The summed E-state index contributed by atoms with van der Waals surface area (Å²) in [5.74, 6) is 0.168. The molecule has 0 bridgehead atoms. The van der Waals surface area contributed by atoms with Gasteiger partial charge in [0.15, 0.2) is 10.8 Å². The number of carbonyl (C=O) groups excluding carboxylic acids is 1. The lowest BCUT2D eigenvalue weighted by Crippen LogP contribution is -2.33. The number of hydrogen-bond donors (Lipinski definition) is 0. The third kappa shape index (κ3) is 2.97. The van der Waals surface area contributed by atoms with Crippen LogP contribution in [0.3, 0.4) is 0 Å². The molecule has 0 saturated heterocycles. The van der Waals surface area contributed by atoms with Crippen molar-refractivity contribution in [1.82, 2.24) is 4.98 Å². The molecule has 0 aliphatic carbocycles. The summed E-state index contributed by atoms with van der Waals surface area (Å²) in [6.07, 6.45) is 0. The van der Waals surface area contributed by atoms with Crippen molar-refractivity contribution < 1.29 is 9.53 Å². The molecule has 17 heavy (non-hydrogen) atoms. The van der Waals surface area contributed by atoms with Gasteiger partial charge >= 0.3 is 5.97 Å². The predicted octanol–water partition coefficient (Wildman–Crippen LogP) is 2.72. The van der Waals surface area contributed by atoms with Crippen molar-refractivity contribution in [2.45, 2.75) is 33.7 Å². The minimum Gasteiger partial charge on any atom is -0.464 e. The molecule has 0 radical (unpaired) electrons. The van der Waals surface area contributed by atoms with Crippen molar-refractivity contribution in [2.24, 2.45) is 5.92 Å². The maximum absolute atomic E-state index is 11.5. The zero-order valence-electron chi connectivity index (χ0n) is 11.3. The smallest absolute Gasteiger partial charge is 0.357 e. The lowest BCUT2D eigenvalue weighted by atomic mass is 10.1. The first-order chi connectivity index (χ1) is 7.88. The summed E-state index contributed by atoms with van der Waals surface area (Å²) < 4.78 is 4.70. The summed E-state index contributed by atoms with van der Waals surface area (Å²) in [5, 5.41) is 0.865. The molecule has 0 fully saturated rings. The highest BCUT2D eigenvalue weighted by Gasteiger charge is 2.21. The van der Waals surface area contributed by atoms with Gasteiger partial charge in [-0.1, -0.05) is 13.8 Å². The van der Waals surface area contributed by atoms with Crippen molar-refractivity contribution in [3.63, 3.8) is 0 Å². The Hall–Kier alpha value is -1.10. The second-order valence-electron chi connectivity index (χ2n) is 4.49. The van der Waals surface area contributed by atoms with Gasteiger partial charge in [-0.25, -0.2) is 9.78 Å². The number of carbonyl (C=O) groups is 1. The van der Waals surface area contributed by atoms with Crippen LogP contribution in [0.15, 0.2) is 0 Å². The highest BCUT2D eigenvalue weighted by Crippen LogP contribution is 2.27. The number of aryl methyl sites for hydroxylation is 1. The first kappa shape index (κ1) is 14.0. The van der Waals surface area contributed by atoms with Gasteiger partial charge in [0.2, 0.25) is 0 Å². The average Bonchev–Trinajstić information content (AvgIpc) is 2.68. The van der Waals surface area contributed by atoms with Crippen LogP contribution in [0.5, 0.6) is 0 Å². The molecule has 1 rings (SSSR count). The molecule has 1 aromatic heterocycles. The van der Waals surface area contributed by atoms with E-state index in [1.54, 1.807) is 0 Å². The molecular weight excluding hydrogens is 236 g/mol. The summed E-state index contributed by atoms with van der Waals surface area (Å²) in [7, 11) is 3.38. The highest BCUT2D eigenvalue weighted by molar-refractivity contribution is 7.15. The number of anilines is 1. The first-order valence-electron chi connectivity index (χ1n) is 5.67. The van der Waals surface area contributed by atoms with Crippen LogP contribution in [0.1, 0.15) is 36.1 Å². The molecule has 0 amide bonds. The summed E-state index contributed by atoms with van der Waals surface area (Å²) in [4.78, 5) is 18.8. The van der Waals surface area contributed by atoms with Crippen LogP contribution >= 0.6 is 11.3 Å². The maximum Gasteiger partial charge on any atom is 0.357 e. The van der Waals surface area contributed by atoms with E-state index in [0.29, 0.717) is 17.7 Å². The van der Waals surface area contributed by atoms with E-state index in [-0.39, 0.29) is 5.97 Å². The Bertz CT molecular complexity index is 401. The van der Waals surface area contributed by atoms with Gasteiger partial charge in [-0.3, -0.25) is 0 Å². The molecule has 0 aliphatic heterocycles. The minimum absolute atomic E-state index is 0.365. The Morgan fingerprint density at radius 2 is 2.00 bits per heavy atom. The van der Waals surface area contributed by atoms with Crippen LogP contribution in [0.2, 0.25) is 0 Å². The van der Waals surface area contributed by atoms with E-state index < -0.39 is 0 Å². The van der Waals surface area contributed by atoms with Crippen molar-refractivity contribution >= 4 is 22.4 Å². The van der Waals surface area contributed by atoms with E-state index in [4.69, 9.17) is 4.74 Å². The third-order valence-corrected chi connectivity index (χ3v) is 4.10. The Morgan fingerprint density at radius 1 is 1.41 bits per heavy atom. The van der Waals surface area contributed by atoms with E-state index in [9.17, 15) is 4.79 Å². The van der Waals surface area contributed by atoms with Crippen LogP contribution in [0, 0.1) is 12.8 Å². The van der Waals surface area contributed by atoms with Crippen molar-refractivity contribution in [3.05, 3.63) is 10.6 Å². The van der Waals surface area contributed by atoms with Crippen LogP contribution in [0.4, 0.5) is 5.13 Å². The highest BCUT2D eigenvalue weighted by atomic mass is 32.1. The Labute approximate surface area is 107 Å². The van der Waals surface area contributed by atoms with E-state index >= 15 is 0 Å². The van der Waals surface area contributed by atoms with Crippen LogP contribution < -0.4 is 4.90 Å². The molecule has 0 saturated carbocycles. The number of ether oxygens (including phenoxy) is 1. The van der Waals surface area contributed by atoms with E-state index in [1.807, 2.05) is 14.0 Å². The van der Waals surface area contributed by atoms with Gasteiger partial charge in [0, 0.05) is 18.0 Å². The molecule has 1 atom stereocenters. The average molecular weight is 256 g/mol. The van der Waals surface area contributed by atoms with Gasteiger partial charge < -0.3 is 9.64 Å². The second kappa shape index (κ2) is 5.49. The van der Waals surface area contributed by atoms with Crippen LogP contribution in [0.25, 0.3) is 0 Å². The van der Waals surface area contributed by atoms with Gasteiger partial charge in [-0.2, -0.15) is 0 Å². The first-order valence-corrected chi connectivity index (χ1v) is 6.48. The number of aromatic nitrogens is 1. The summed E-state index contributed by atoms with van der Waals surface area (Å²) in [5.41, 5.74) is 0.426. The Kier molecular flexibility index (Phi) is 4.51. The van der Waals surface area contributed by atoms with Gasteiger partial charge in [0.05, 0.1) is 7.11 Å². The topological polar surface area (TPSA) is 42.4 Å². The van der Waals surface area contributed by atoms with Gasteiger partial charge in [-0.05, 0) is 19.8 Å². The quantitative estimate of drug-likeness (QED) is 0.777. The lowest BCUT2D eigenvalue weighted by molar-refractivity contribution is 0.0594. The number of methoxy groups -OCH3 is 1. The molecule has 0 N–H and O–H groups in total. The SMILES string of the molecule is COC(=O)c1nc(N(C)C(C)C(C)C)sc1C. The normalized spacial score (nSPS) is 12.6. The predicted molar refractivity (Wildman–Crippen MR) is 70.9 cm³/mol. The fraction of sp³-hybridized carbons (Fsp3) is 0.667. The molecule has 96 valence electrons. The molecule has 1 aromatic rings. The fourth-order valence-electron chi connectivity index (χ4n) is 1.44. The minimum atomic E-state index is -0.365. The lowest BCUT2D eigenvalue weighted by Gasteiger charge is -2.27. The summed E-state index contributed by atoms with van der Waals surface area (Å²) >= 11 is 1.53. The molecule has 0 aliphatic rings. The summed E-state index contributed by atoms with van der Waals surface area (Å²) in [6, 6.07) is 0.381. The van der Waals surface area contributed by atoms with E-state index in [0.717, 1.165) is 10.0 Å². The van der Waals surface area contributed by atoms with Crippen molar-refractivity contribution in [3.8, 4) is 0 Å². The largest absolute Gasteiger partial charge is 0.464 e. The second-order valence-corrected chi connectivity index (χ2v) is 5.67. The van der Waals surface area contributed by atoms with Crippen LogP contribution in [-0.2, 0) is 4.74 Å². The number of rotatable bonds is 4. The van der Waals surface area contributed by atoms with Crippen molar-refractivity contribution in [2.75, 3.05) is 19.1 Å². The number of esters is 1. The van der Waals surface area contributed by atoms with Gasteiger partial charge in [-0.15, -0.1) is 11.3 Å². The molecule has 0 aromatic carbocycles.